The van der Waals surface area contributed by atoms with Crippen molar-refractivity contribution in [3.63, 3.8) is 0 Å². The van der Waals surface area contributed by atoms with Crippen molar-refractivity contribution in [3.05, 3.63) is 34.7 Å². The Bertz CT molecular complexity index is 499. The van der Waals surface area contributed by atoms with Crippen LogP contribution in [0.4, 0.5) is 0 Å². The minimum Gasteiger partial charge on any atom is -0.317 e. The fourth-order valence-corrected chi connectivity index (χ4v) is 2.00. The number of benzene rings is 1. The summed E-state index contributed by atoms with van der Waals surface area (Å²) in [6.07, 6.45) is 2.72. The molecule has 0 saturated heterocycles. The van der Waals surface area contributed by atoms with E-state index < -0.39 is 0 Å². The molecule has 4 heteroatoms. The van der Waals surface area contributed by atoms with Crippen molar-refractivity contribution in [2.45, 2.75) is 19.4 Å². The van der Waals surface area contributed by atoms with Crippen LogP contribution in [0.5, 0.6) is 0 Å². The number of aromatic nitrogens is 2. The topological polar surface area (TPSA) is 37.8 Å². The Hall–Kier alpha value is -1.00. The van der Waals surface area contributed by atoms with E-state index in [1.807, 2.05) is 31.4 Å². The Morgan fingerprint density at radius 2 is 2.25 bits per heavy atom. The molecule has 0 spiro atoms. The van der Waals surface area contributed by atoms with Gasteiger partial charge in [-0.15, -0.1) is 0 Å². The lowest BCUT2D eigenvalue weighted by molar-refractivity contribution is 0.592. The maximum absolute atomic E-state index is 4.56. The molecule has 1 atom stereocenters. The van der Waals surface area contributed by atoms with Crippen molar-refractivity contribution >= 4 is 26.8 Å². The highest BCUT2D eigenvalue weighted by atomic mass is 79.9. The van der Waals surface area contributed by atoms with E-state index >= 15 is 0 Å². The summed E-state index contributed by atoms with van der Waals surface area (Å²) in [6.45, 7) is 2.12. The van der Waals surface area contributed by atoms with Gasteiger partial charge in [0.2, 0.25) is 0 Å². The maximum Gasteiger partial charge on any atom is 0.130 e. The number of para-hydroxylation sites is 1. The second-order valence-electron chi connectivity index (χ2n) is 3.86. The van der Waals surface area contributed by atoms with Crippen LogP contribution in [0.3, 0.4) is 0 Å². The summed E-state index contributed by atoms with van der Waals surface area (Å²) in [7, 11) is 1.95. The Balaban J connectivity index is 2.39. The molecule has 1 aromatic carbocycles. The van der Waals surface area contributed by atoms with Gasteiger partial charge in [-0.1, -0.05) is 12.1 Å². The van der Waals surface area contributed by atoms with Gasteiger partial charge in [-0.25, -0.2) is 9.97 Å². The molecule has 0 radical (unpaired) electrons. The van der Waals surface area contributed by atoms with Crippen LogP contribution in [0.1, 0.15) is 12.7 Å². The van der Waals surface area contributed by atoms with Gasteiger partial charge in [0.25, 0.3) is 0 Å². The van der Waals surface area contributed by atoms with Crippen LogP contribution in [0.15, 0.2) is 28.9 Å². The first-order valence-electron chi connectivity index (χ1n) is 5.28. The summed E-state index contributed by atoms with van der Waals surface area (Å²) < 4.78 is 1.02. The number of nitrogens with one attached hydrogen (secondary N) is 1. The molecule has 1 heterocycles. The molecule has 0 aliphatic heterocycles. The van der Waals surface area contributed by atoms with E-state index in [2.05, 4.69) is 38.1 Å². The molecule has 0 aliphatic carbocycles. The first-order valence-corrected chi connectivity index (χ1v) is 6.07. The molecule has 2 rings (SSSR count). The maximum atomic E-state index is 4.56. The van der Waals surface area contributed by atoms with Crippen molar-refractivity contribution in [2.75, 3.05) is 7.05 Å². The average Bonchev–Trinajstić information content (AvgIpc) is 2.30. The predicted molar refractivity (Wildman–Crippen MR) is 69.5 cm³/mol. The minimum atomic E-state index is 0.389. The van der Waals surface area contributed by atoms with E-state index in [9.17, 15) is 0 Å². The van der Waals surface area contributed by atoms with Gasteiger partial charge in [0.1, 0.15) is 5.82 Å². The highest BCUT2D eigenvalue weighted by Gasteiger charge is 2.06. The van der Waals surface area contributed by atoms with Crippen molar-refractivity contribution in [1.82, 2.24) is 15.3 Å². The van der Waals surface area contributed by atoms with E-state index in [0.717, 1.165) is 27.6 Å². The molecule has 0 amide bonds. The molecule has 16 heavy (non-hydrogen) atoms. The molecule has 0 fully saturated rings. The van der Waals surface area contributed by atoms with Crippen LogP contribution in [-0.2, 0) is 6.42 Å². The third kappa shape index (κ3) is 2.39. The largest absolute Gasteiger partial charge is 0.317 e. The Morgan fingerprint density at radius 1 is 1.44 bits per heavy atom. The molecule has 0 aliphatic rings. The van der Waals surface area contributed by atoms with E-state index in [1.54, 1.807) is 0 Å². The molecular weight excluding hydrogens is 266 g/mol. The third-order valence-electron chi connectivity index (χ3n) is 2.59. The van der Waals surface area contributed by atoms with Crippen LogP contribution >= 0.6 is 15.9 Å². The predicted octanol–water partition coefficient (Wildman–Crippen LogP) is 2.54. The number of fused-ring (bicyclic) bond motifs is 1. The van der Waals surface area contributed by atoms with E-state index in [0.29, 0.717) is 6.04 Å². The van der Waals surface area contributed by atoms with Gasteiger partial charge in [0, 0.05) is 28.5 Å². The van der Waals surface area contributed by atoms with Gasteiger partial charge >= 0.3 is 0 Å². The van der Waals surface area contributed by atoms with Crippen LogP contribution in [-0.4, -0.2) is 23.1 Å². The Labute approximate surface area is 103 Å². The highest BCUT2D eigenvalue weighted by molar-refractivity contribution is 9.10. The van der Waals surface area contributed by atoms with Gasteiger partial charge in [-0.2, -0.15) is 0 Å². The molecule has 1 unspecified atom stereocenters. The SMILES string of the molecule is CNC(C)Cc1ncc2cccc(Br)c2n1. The summed E-state index contributed by atoms with van der Waals surface area (Å²) in [4.78, 5) is 8.93. The molecule has 0 saturated carbocycles. The zero-order valence-corrected chi connectivity index (χ0v) is 11.0. The van der Waals surface area contributed by atoms with Crippen LogP contribution < -0.4 is 5.32 Å². The minimum absolute atomic E-state index is 0.389. The molecular formula is C12H14BrN3. The second-order valence-corrected chi connectivity index (χ2v) is 4.71. The van der Waals surface area contributed by atoms with Crippen molar-refractivity contribution in [3.8, 4) is 0 Å². The number of hydrogen-bond acceptors (Lipinski definition) is 3. The Kier molecular flexibility index (Phi) is 3.51. The monoisotopic (exact) mass is 279 g/mol. The van der Waals surface area contributed by atoms with Crippen LogP contribution in [0.25, 0.3) is 10.9 Å². The first kappa shape index (κ1) is 11.5. The summed E-state index contributed by atoms with van der Waals surface area (Å²) in [6, 6.07) is 6.40. The average molecular weight is 280 g/mol. The number of halogens is 1. The lowest BCUT2D eigenvalue weighted by atomic mass is 10.2. The zero-order valence-electron chi connectivity index (χ0n) is 9.37. The number of likely N-dealkylation sites (N-methyl/N-ethyl adjacent to an activating group) is 1. The van der Waals surface area contributed by atoms with E-state index in [4.69, 9.17) is 0 Å². The lowest BCUT2D eigenvalue weighted by Gasteiger charge is -2.09. The van der Waals surface area contributed by atoms with Crippen molar-refractivity contribution in [1.29, 1.82) is 0 Å². The molecule has 1 aromatic heterocycles. The van der Waals surface area contributed by atoms with E-state index in [-0.39, 0.29) is 0 Å². The molecule has 0 bridgehead atoms. The van der Waals surface area contributed by atoms with Gasteiger partial charge in [0.15, 0.2) is 0 Å². The molecule has 3 nitrogen and oxygen atoms in total. The fourth-order valence-electron chi connectivity index (χ4n) is 1.53. The summed E-state index contributed by atoms with van der Waals surface area (Å²) >= 11 is 3.51. The van der Waals surface area contributed by atoms with Gasteiger partial charge in [-0.05, 0) is 36.0 Å². The lowest BCUT2D eigenvalue weighted by Crippen LogP contribution is -2.24. The normalized spacial score (nSPS) is 12.9. The molecule has 84 valence electrons. The number of rotatable bonds is 3. The summed E-state index contributed by atoms with van der Waals surface area (Å²) in [5.41, 5.74) is 0.982. The van der Waals surface area contributed by atoms with Crippen LogP contribution in [0.2, 0.25) is 0 Å². The first-order chi connectivity index (χ1) is 7.70. The van der Waals surface area contributed by atoms with Gasteiger partial charge in [-0.3, -0.25) is 0 Å². The fraction of sp³-hybridized carbons (Fsp3) is 0.333. The smallest absolute Gasteiger partial charge is 0.130 e. The highest BCUT2D eigenvalue weighted by Crippen LogP contribution is 2.21. The van der Waals surface area contributed by atoms with Gasteiger partial charge < -0.3 is 5.32 Å². The van der Waals surface area contributed by atoms with Crippen molar-refractivity contribution in [2.24, 2.45) is 0 Å². The third-order valence-corrected chi connectivity index (χ3v) is 3.23. The second kappa shape index (κ2) is 4.89. The van der Waals surface area contributed by atoms with E-state index in [1.165, 1.54) is 0 Å². The quantitative estimate of drug-likeness (QED) is 0.939. The standard InChI is InChI=1S/C12H14BrN3/c1-8(14-2)6-11-15-7-9-4-3-5-10(13)12(9)16-11/h3-5,7-8,14H,6H2,1-2H3. The molecule has 2 aromatic rings. The zero-order chi connectivity index (χ0) is 11.5. The summed E-state index contributed by atoms with van der Waals surface area (Å²) in [5, 5.41) is 4.25. The Morgan fingerprint density at radius 3 is 3.00 bits per heavy atom. The molecule has 1 N–H and O–H groups in total. The number of hydrogen-bond donors (Lipinski definition) is 1. The van der Waals surface area contributed by atoms with Crippen molar-refractivity contribution < 1.29 is 0 Å². The van der Waals surface area contributed by atoms with Gasteiger partial charge in [0.05, 0.1) is 5.52 Å². The summed E-state index contributed by atoms with van der Waals surface area (Å²) in [5.74, 6) is 0.876. The number of nitrogens with zero attached hydrogens (tertiary/aromatic N) is 2. The van der Waals surface area contributed by atoms with Crippen LogP contribution in [0, 0.1) is 0 Å².